The third-order valence-corrected chi connectivity index (χ3v) is 16.5. The first-order valence-corrected chi connectivity index (χ1v) is 24.0. The summed E-state index contributed by atoms with van der Waals surface area (Å²) in [5.74, 6) is 0. The second-order valence-corrected chi connectivity index (χ2v) is 22.9. The van der Waals surface area contributed by atoms with E-state index in [1.807, 2.05) is 0 Å². The second kappa shape index (κ2) is 12.2. The monoisotopic (exact) mass is 852 g/mol. The minimum absolute atomic E-state index is 0.0289. The van der Waals surface area contributed by atoms with E-state index in [4.69, 9.17) is 4.42 Å². The van der Waals surface area contributed by atoms with Crippen molar-refractivity contribution < 1.29 is 4.42 Å². The molecule has 4 heterocycles. The van der Waals surface area contributed by atoms with E-state index in [2.05, 4.69) is 218 Å². The lowest BCUT2D eigenvalue weighted by Crippen LogP contribution is -2.60. The normalized spacial score (nSPS) is 15.9. The van der Waals surface area contributed by atoms with Gasteiger partial charge in [0, 0.05) is 49.6 Å². The molecule has 4 aliphatic rings. The average Bonchev–Trinajstić information content (AvgIpc) is 3.98. The fraction of sp³-hybridized carbons (Fsp3) is 0.226. The van der Waals surface area contributed by atoms with Gasteiger partial charge in [-0.15, -0.1) is 0 Å². The molecule has 8 aromatic carbocycles. The maximum absolute atomic E-state index is 6.92. The lowest BCUT2D eigenvalue weighted by Gasteiger charge is -2.43. The maximum Gasteiger partial charge on any atom is 0.333 e. The molecule has 0 amide bonds. The SMILES string of the molecule is CC(C)(C)c1ccc(N2B3c4cc5c(cc4-n4c6ccc7c8ccccc8oc7c6c6ccc(c3c64)-c3cc4c(cc32)C(C)(C)c2cc(C(C)(C)C)ccc2-4)-c2ccccc2C5(C)C)cc1. The number of rotatable bonds is 1. The molecule has 4 heteroatoms. The maximum atomic E-state index is 6.92. The Morgan fingerprint density at radius 2 is 1.12 bits per heavy atom. The third kappa shape index (κ3) is 4.70. The van der Waals surface area contributed by atoms with Crippen molar-refractivity contribution in [1.29, 1.82) is 0 Å². The summed E-state index contributed by atoms with van der Waals surface area (Å²) in [7, 11) is 0. The van der Waals surface area contributed by atoms with E-state index in [0.29, 0.717) is 0 Å². The predicted molar refractivity (Wildman–Crippen MR) is 280 cm³/mol. The van der Waals surface area contributed by atoms with Crippen LogP contribution in [0.2, 0.25) is 0 Å². The van der Waals surface area contributed by atoms with Crippen molar-refractivity contribution in [2.24, 2.45) is 0 Å². The van der Waals surface area contributed by atoms with Crippen LogP contribution in [0.4, 0.5) is 11.4 Å². The first kappa shape index (κ1) is 38.5. The fourth-order valence-electron chi connectivity index (χ4n) is 12.9. The molecule has 0 fully saturated rings. The van der Waals surface area contributed by atoms with Crippen molar-refractivity contribution >= 4 is 72.9 Å². The van der Waals surface area contributed by atoms with Crippen LogP contribution < -0.4 is 15.7 Å². The van der Waals surface area contributed by atoms with E-state index in [0.717, 1.165) is 21.9 Å². The smallest absolute Gasteiger partial charge is 0.333 e. The number of nitrogens with zero attached hydrogens (tertiary/aromatic N) is 2. The minimum atomic E-state index is -0.182. The Morgan fingerprint density at radius 1 is 0.485 bits per heavy atom. The largest absolute Gasteiger partial charge is 0.455 e. The van der Waals surface area contributed by atoms with Gasteiger partial charge >= 0.3 is 6.85 Å². The minimum Gasteiger partial charge on any atom is -0.455 e. The molecule has 0 saturated heterocycles. The molecule has 0 unspecified atom stereocenters. The van der Waals surface area contributed by atoms with Crippen LogP contribution in [0.3, 0.4) is 0 Å². The molecule has 0 N–H and O–H groups in total. The highest BCUT2D eigenvalue weighted by molar-refractivity contribution is 6.93. The first-order valence-electron chi connectivity index (χ1n) is 24.0. The molecule has 0 spiro atoms. The van der Waals surface area contributed by atoms with E-state index in [1.165, 1.54) is 117 Å². The molecule has 2 aliphatic carbocycles. The number of anilines is 2. The summed E-state index contributed by atoms with van der Waals surface area (Å²) in [6, 6.07) is 54.2. The molecule has 2 aliphatic heterocycles. The summed E-state index contributed by atoms with van der Waals surface area (Å²) in [6.07, 6.45) is 0. The van der Waals surface area contributed by atoms with Gasteiger partial charge < -0.3 is 13.8 Å². The van der Waals surface area contributed by atoms with Gasteiger partial charge in [-0.3, -0.25) is 0 Å². The summed E-state index contributed by atoms with van der Waals surface area (Å²) >= 11 is 0. The van der Waals surface area contributed by atoms with Crippen LogP contribution in [0.15, 0.2) is 144 Å². The molecular weight excluding hydrogens is 800 g/mol. The quantitative estimate of drug-likeness (QED) is 0.153. The number of furan rings is 1. The molecule has 0 bridgehead atoms. The van der Waals surface area contributed by atoms with Gasteiger partial charge in [-0.05, 0) is 131 Å². The van der Waals surface area contributed by atoms with Crippen molar-refractivity contribution in [2.75, 3.05) is 4.81 Å². The van der Waals surface area contributed by atoms with E-state index < -0.39 is 0 Å². The fourth-order valence-corrected chi connectivity index (χ4v) is 12.9. The summed E-state index contributed by atoms with van der Waals surface area (Å²) in [4.78, 5) is 2.72. The van der Waals surface area contributed by atoms with E-state index >= 15 is 0 Å². The molecule has 66 heavy (non-hydrogen) atoms. The van der Waals surface area contributed by atoms with E-state index in [9.17, 15) is 0 Å². The van der Waals surface area contributed by atoms with E-state index in [-0.39, 0.29) is 28.5 Å². The molecule has 320 valence electrons. The zero-order valence-corrected chi connectivity index (χ0v) is 39.7. The van der Waals surface area contributed by atoms with E-state index in [1.54, 1.807) is 0 Å². The second-order valence-electron chi connectivity index (χ2n) is 22.9. The summed E-state index contributed by atoms with van der Waals surface area (Å²) in [6.45, 7) is 23.5. The molecule has 3 nitrogen and oxygen atoms in total. The van der Waals surface area contributed by atoms with Crippen molar-refractivity contribution in [1.82, 2.24) is 4.57 Å². The van der Waals surface area contributed by atoms with Gasteiger partial charge in [-0.25, -0.2) is 0 Å². The highest BCUT2D eigenvalue weighted by Gasteiger charge is 2.48. The van der Waals surface area contributed by atoms with Gasteiger partial charge in [0.2, 0.25) is 0 Å². The predicted octanol–water partition coefficient (Wildman–Crippen LogP) is 15.1. The zero-order valence-electron chi connectivity index (χ0n) is 39.7. The Morgan fingerprint density at radius 3 is 1.91 bits per heavy atom. The number of para-hydroxylation sites is 1. The summed E-state index contributed by atoms with van der Waals surface area (Å²) < 4.78 is 9.53. The van der Waals surface area contributed by atoms with Crippen LogP contribution in [0.25, 0.3) is 82.8 Å². The number of benzene rings is 8. The molecule has 2 aromatic heterocycles. The zero-order chi connectivity index (χ0) is 45.1. The van der Waals surface area contributed by atoms with Crippen LogP contribution in [-0.4, -0.2) is 11.4 Å². The van der Waals surface area contributed by atoms with Gasteiger partial charge in [0.25, 0.3) is 0 Å². The van der Waals surface area contributed by atoms with Gasteiger partial charge in [0.05, 0.1) is 16.4 Å². The highest BCUT2D eigenvalue weighted by Crippen LogP contribution is 2.56. The topological polar surface area (TPSA) is 21.3 Å². The van der Waals surface area contributed by atoms with Crippen molar-refractivity contribution in [2.45, 2.75) is 90.9 Å². The summed E-state index contributed by atoms with van der Waals surface area (Å²) in [5.41, 5.74) is 26.8. The molecule has 0 saturated carbocycles. The number of hydrogen-bond acceptors (Lipinski definition) is 2. The van der Waals surface area contributed by atoms with Gasteiger partial charge in [-0.1, -0.05) is 160 Å². The lowest BCUT2D eigenvalue weighted by molar-refractivity contribution is 0.584. The Bertz CT molecular complexity index is 3840. The van der Waals surface area contributed by atoms with Crippen molar-refractivity contribution in [3.8, 4) is 39.1 Å². The number of fused-ring (bicyclic) bond motifs is 18. The Hall–Kier alpha value is -6.78. The summed E-state index contributed by atoms with van der Waals surface area (Å²) in [5, 5.41) is 4.73. The van der Waals surface area contributed by atoms with Crippen LogP contribution in [0.1, 0.15) is 103 Å². The number of aromatic nitrogens is 1. The first-order chi connectivity index (χ1) is 31.5. The molecule has 0 atom stereocenters. The highest BCUT2D eigenvalue weighted by atomic mass is 16.3. The van der Waals surface area contributed by atoms with Gasteiger partial charge in [-0.2, -0.15) is 0 Å². The molecular formula is C62H53BN2O. The lowest BCUT2D eigenvalue weighted by atomic mass is 9.43. The van der Waals surface area contributed by atoms with Crippen LogP contribution in [0, 0.1) is 0 Å². The van der Waals surface area contributed by atoms with Crippen LogP contribution in [0.5, 0.6) is 0 Å². The van der Waals surface area contributed by atoms with Gasteiger partial charge in [0.1, 0.15) is 11.2 Å². The molecule has 14 rings (SSSR count). The Labute approximate surface area is 387 Å². The van der Waals surface area contributed by atoms with Crippen molar-refractivity contribution in [3.05, 3.63) is 173 Å². The van der Waals surface area contributed by atoms with Crippen LogP contribution >= 0.6 is 0 Å². The molecule has 0 radical (unpaired) electrons. The van der Waals surface area contributed by atoms with Gasteiger partial charge in [0.15, 0.2) is 0 Å². The standard InChI is InChI=1S/C62H53BN2O/c1-59(2,3)34-19-22-36(23-20-34)65-52-33-49-43(38-24-21-35(60(4,5)6)29-47(38)62(49,9)10)30-45(52)40-25-26-42-55-51(28-27-41-39-16-12-14-18-54(39)66-58(41)55)64-53-31-44-37-15-11-13-17-46(37)61(7,8)48(44)32-50(53)63(65)56(40)57(42)64/h11-33H,1-10H3. The number of hydrogen-bond donors (Lipinski definition) is 0. The van der Waals surface area contributed by atoms with Crippen LogP contribution in [-0.2, 0) is 21.7 Å². The Kier molecular flexibility index (Phi) is 7.09. The Balaban J connectivity index is 1.14. The third-order valence-electron chi connectivity index (χ3n) is 16.5. The molecule has 10 aromatic rings. The van der Waals surface area contributed by atoms with Crippen molar-refractivity contribution in [3.63, 3.8) is 0 Å². The average molecular weight is 853 g/mol.